The number of benzene rings is 1. The minimum atomic E-state index is 0.487. The number of halogens is 1. The Morgan fingerprint density at radius 1 is 1.44 bits per heavy atom. The Balaban J connectivity index is 2.20. The number of anilines is 1. The van der Waals surface area contributed by atoms with E-state index in [0.717, 1.165) is 31.2 Å². The van der Waals surface area contributed by atoms with Gasteiger partial charge in [-0.1, -0.05) is 17.7 Å². The lowest BCUT2D eigenvalue weighted by molar-refractivity contribution is 0.443. The molecule has 1 aliphatic heterocycles. The summed E-state index contributed by atoms with van der Waals surface area (Å²) >= 11 is 6.42. The largest absolute Gasteiger partial charge is 0.367 e. The molecule has 1 saturated heterocycles. The van der Waals surface area contributed by atoms with Crippen molar-refractivity contribution in [3.05, 3.63) is 28.3 Å². The van der Waals surface area contributed by atoms with Crippen molar-refractivity contribution in [1.29, 1.82) is 0 Å². The Hall–Kier alpha value is -0.770. The quantitative estimate of drug-likeness (QED) is 0.877. The van der Waals surface area contributed by atoms with Crippen LogP contribution in [0.25, 0.3) is 0 Å². The van der Waals surface area contributed by atoms with Crippen molar-refractivity contribution in [2.45, 2.75) is 19.9 Å². The average molecular weight is 268 g/mol. The molecule has 2 rings (SSSR count). The van der Waals surface area contributed by atoms with E-state index in [1.54, 1.807) is 0 Å². The molecule has 0 saturated carbocycles. The first-order chi connectivity index (χ1) is 8.61. The van der Waals surface area contributed by atoms with E-state index >= 15 is 0 Å². The second-order valence-corrected chi connectivity index (χ2v) is 5.47. The van der Waals surface area contributed by atoms with Crippen molar-refractivity contribution in [3.63, 3.8) is 0 Å². The van der Waals surface area contributed by atoms with Gasteiger partial charge in [-0.3, -0.25) is 0 Å². The van der Waals surface area contributed by atoms with Gasteiger partial charge in [-0.25, -0.2) is 0 Å². The van der Waals surface area contributed by atoms with E-state index in [0.29, 0.717) is 6.04 Å². The van der Waals surface area contributed by atoms with Crippen LogP contribution in [-0.2, 0) is 0 Å². The van der Waals surface area contributed by atoms with Gasteiger partial charge < -0.3 is 15.5 Å². The van der Waals surface area contributed by atoms with Gasteiger partial charge in [0.15, 0.2) is 0 Å². The Bertz CT molecular complexity index is 394. The van der Waals surface area contributed by atoms with Crippen molar-refractivity contribution in [1.82, 2.24) is 10.6 Å². The molecule has 1 atom stereocenters. The minimum absolute atomic E-state index is 0.487. The number of nitrogens with zero attached hydrogens (tertiary/aromatic N) is 1. The second-order valence-electron chi connectivity index (χ2n) is 5.07. The van der Waals surface area contributed by atoms with E-state index in [2.05, 4.69) is 41.5 Å². The lowest BCUT2D eigenvalue weighted by Crippen LogP contribution is -2.54. The van der Waals surface area contributed by atoms with Crippen LogP contribution in [0, 0.1) is 13.8 Å². The molecule has 2 N–H and O–H groups in total. The summed E-state index contributed by atoms with van der Waals surface area (Å²) in [6.45, 7) is 8.25. The first kappa shape index (κ1) is 13.7. The van der Waals surface area contributed by atoms with Gasteiger partial charge in [0, 0.05) is 32.2 Å². The number of hydrogen-bond acceptors (Lipinski definition) is 3. The molecule has 0 amide bonds. The fourth-order valence-corrected chi connectivity index (χ4v) is 3.16. The van der Waals surface area contributed by atoms with E-state index in [-0.39, 0.29) is 0 Å². The van der Waals surface area contributed by atoms with Crippen molar-refractivity contribution >= 4 is 17.3 Å². The molecule has 100 valence electrons. The summed E-state index contributed by atoms with van der Waals surface area (Å²) in [6.07, 6.45) is 0. The normalized spacial score (nSPS) is 20.2. The Morgan fingerprint density at radius 2 is 2.22 bits per heavy atom. The zero-order valence-corrected chi connectivity index (χ0v) is 12.1. The van der Waals surface area contributed by atoms with E-state index in [1.807, 2.05) is 7.05 Å². The maximum absolute atomic E-state index is 6.42. The third kappa shape index (κ3) is 2.97. The molecular formula is C14H22ClN3. The summed E-state index contributed by atoms with van der Waals surface area (Å²) in [5, 5.41) is 7.62. The standard InChI is InChI=1S/C14H22ClN3/c1-10-6-11(2)14(13(15)7-10)18-5-4-17-12(9-18)8-16-3/h6-7,12,16-17H,4-5,8-9H2,1-3H3. The van der Waals surface area contributed by atoms with Crippen molar-refractivity contribution in [3.8, 4) is 0 Å². The monoisotopic (exact) mass is 267 g/mol. The number of likely N-dealkylation sites (N-methyl/N-ethyl adjacent to an activating group) is 1. The van der Waals surface area contributed by atoms with E-state index < -0.39 is 0 Å². The molecule has 0 spiro atoms. The predicted molar refractivity (Wildman–Crippen MR) is 78.9 cm³/mol. The van der Waals surface area contributed by atoms with E-state index in [9.17, 15) is 0 Å². The molecule has 1 heterocycles. The van der Waals surface area contributed by atoms with Crippen LogP contribution < -0.4 is 15.5 Å². The molecule has 0 aliphatic carbocycles. The molecule has 18 heavy (non-hydrogen) atoms. The Morgan fingerprint density at radius 3 is 2.89 bits per heavy atom. The lowest BCUT2D eigenvalue weighted by Gasteiger charge is -2.36. The zero-order chi connectivity index (χ0) is 13.1. The second kappa shape index (κ2) is 5.91. The lowest BCUT2D eigenvalue weighted by atomic mass is 10.1. The smallest absolute Gasteiger partial charge is 0.0644 e. The van der Waals surface area contributed by atoms with E-state index in [4.69, 9.17) is 11.6 Å². The van der Waals surface area contributed by atoms with Gasteiger partial charge in [0.05, 0.1) is 10.7 Å². The van der Waals surface area contributed by atoms with Crippen LogP contribution in [-0.4, -0.2) is 39.3 Å². The summed E-state index contributed by atoms with van der Waals surface area (Å²) in [4.78, 5) is 2.40. The third-order valence-corrected chi connectivity index (χ3v) is 3.71. The summed E-state index contributed by atoms with van der Waals surface area (Å²) < 4.78 is 0. The van der Waals surface area contributed by atoms with Gasteiger partial charge >= 0.3 is 0 Å². The molecule has 1 unspecified atom stereocenters. The van der Waals surface area contributed by atoms with Crippen LogP contribution in [0.3, 0.4) is 0 Å². The minimum Gasteiger partial charge on any atom is -0.367 e. The number of hydrogen-bond donors (Lipinski definition) is 2. The van der Waals surface area contributed by atoms with E-state index in [1.165, 1.54) is 16.8 Å². The van der Waals surface area contributed by atoms with Crippen LogP contribution in [0.2, 0.25) is 5.02 Å². The maximum Gasteiger partial charge on any atom is 0.0644 e. The van der Waals surface area contributed by atoms with Gasteiger partial charge in [0.1, 0.15) is 0 Å². The highest BCUT2D eigenvalue weighted by atomic mass is 35.5. The molecule has 3 nitrogen and oxygen atoms in total. The molecule has 4 heteroatoms. The van der Waals surface area contributed by atoms with Crippen molar-refractivity contribution in [2.75, 3.05) is 38.1 Å². The average Bonchev–Trinajstić information content (AvgIpc) is 2.28. The highest BCUT2D eigenvalue weighted by Crippen LogP contribution is 2.31. The van der Waals surface area contributed by atoms with Gasteiger partial charge in [-0.15, -0.1) is 0 Å². The highest BCUT2D eigenvalue weighted by molar-refractivity contribution is 6.33. The van der Waals surface area contributed by atoms with Crippen molar-refractivity contribution < 1.29 is 0 Å². The number of piperazine rings is 1. The topological polar surface area (TPSA) is 27.3 Å². The third-order valence-electron chi connectivity index (χ3n) is 3.42. The number of aryl methyl sites for hydroxylation is 2. The van der Waals surface area contributed by atoms with Crippen LogP contribution in [0.1, 0.15) is 11.1 Å². The van der Waals surface area contributed by atoms with Gasteiger partial charge in [-0.05, 0) is 38.1 Å². The van der Waals surface area contributed by atoms with Gasteiger partial charge in [0.2, 0.25) is 0 Å². The molecule has 1 aliphatic rings. The summed E-state index contributed by atoms with van der Waals surface area (Å²) in [7, 11) is 1.99. The summed E-state index contributed by atoms with van der Waals surface area (Å²) in [6, 6.07) is 4.75. The highest BCUT2D eigenvalue weighted by Gasteiger charge is 2.21. The fourth-order valence-electron chi connectivity index (χ4n) is 2.72. The molecule has 1 fully saturated rings. The fraction of sp³-hybridized carbons (Fsp3) is 0.571. The molecule has 1 aromatic rings. The zero-order valence-electron chi connectivity index (χ0n) is 11.4. The van der Waals surface area contributed by atoms with Crippen LogP contribution >= 0.6 is 11.6 Å². The maximum atomic E-state index is 6.42. The molecular weight excluding hydrogens is 246 g/mol. The van der Waals surface area contributed by atoms with Crippen molar-refractivity contribution in [2.24, 2.45) is 0 Å². The van der Waals surface area contributed by atoms with Gasteiger partial charge in [-0.2, -0.15) is 0 Å². The SMILES string of the molecule is CNCC1CN(c2c(C)cc(C)cc2Cl)CCN1. The Labute approximate surface area is 115 Å². The number of rotatable bonds is 3. The molecule has 0 bridgehead atoms. The van der Waals surface area contributed by atoms with Crippen LogP contribution in [0.15, 0.2) is 12.1 Å². The van der Waals surface area contributed by atoms with Crippen LogP contribution in [0.4, 0.5) is 5.69 Å². The first-order valence-corrected chi connectivity index (χ1v) is 6.89. The summed E-state index contributed by atoms with van der Waals surface area (Å²) in [5.41, 5.74) is 3.69. The Kier molecular flexibility index (Phi) is 4.49. The van der Waals surface area contributed by atoms with Crippen LogP contribution in [0.5, 0.6) is 0 Å². The number of nitrogens with one attached hydrogen (secondary N) is 2. The van der Waals surface area contributed by atoms with Gasteiger partial charge in [0.25, 0.3) is 0 Å². The molecule has 0 radical (unpaired) electrons. The molecule has 0 aromatic heterocycles. The predicted octanol–water partition coefficient (Wildman–Crippen LogP) is 1.95. The summed E-state index contributed by atoms with van der Waals surface area (Å²) in [5.74, 6) is 0. The first-order valence-electron chi connectivity index (χ1n) is 6.51. The molecule has 1 aromatic carbocycles.